The number of hydrogen-bond acceptors (Lipinski definition) is 3. The standard InChI is InChI=1S/C8H10O2.C2H4O2/c1-10-6-7-2-4-8(9)5-3-7;1-2(3)4/h2-5,9H,6H2,1H3;1H3,(H,3,4). The molecule has 0 aliphatic rings. The Morgan fingerprint density at radius 2 is 1.79 bits per heavy atom. The molecule has 0 spiro atoms. The molecule has 4 nitrogen and oxygen atoms in total. The molecule has 0 saturated carbocycles. The molecule has 0 amide bonds. The summed E-state index contributed by atoms with van der Waals surface area (Å²) in [5, 5.41) is 16.3. The van der Waals surface area contributed by atoms with Crippen LogP contribution in [0, 0.1) is 0 Å². The first kappa shape index (κ1) is 12.4. The fraction of sp³-hybridized carbons (Fsp3) is 0.300. The van der Waals surface area contributed by atoms with E-state index in [1.807, 2.05) is 12.1 Å². The maximum Gasteiger partial charge on any atom is 0.300 e. The number of rotatable bonds is 2. The Morgan fingerprint density at radius 3 is 2.14 bits per heavy atom. The summed E-state index contributed by atoms with van der Waals surface area (Å²) in [4.78, 5) is 9.00. The molecule has 1 rings (SSSR count). The minimum absolute atomic E-state index is 0.292. The minimum atomic E-state index is -0.833. The van der Waals surface area contributed by atoms with Gasteiger partial charge in [0.25, 0.3) is 5.97 Å². The number of benzene rings is 1. The molecule has 14 heavy (non-hydrogen) atoms. The third-order valence-electron chi connectivity index (χ3n) is 1.25. The number of phenolic OH excluding ortho intramolecular Hbond substituents is 1. The van der Waals surface area contributed by atoms with Crippen LogP contribution in [0.15, 0.2) is 24.3 Å². The van der Waals surface area contributed by atoms with Crippen LogP contribution in [0.5, 0.6) is 5.75 Å². The molecule has 0 fully saturated rings. The first-order valence-electron chi connectivity index (χ1n) is 4.02. The van der Waals surface area contributed by atoms with Gasteiger partial charge in [-0.1, -0.05) is 12.1 Å². The molecular weight excluding hydrogens is 184 g/mol. The van der Waals surface area contributed by atoms with Gasteiger partial charge in [0.05, 0.1) is 6.61 Å². The van der Waals surface area contributed by atoms with Crippen molar-refractivity contribution < 1.29 is 19.7 Å². The van der Waals surface area contributed by atoms with Crippen molar-refractivity contribution in [1.82, 2.24) is 0 Å². The number of carbonyl (C=O) groups is 1. The second kappa shape index (κ2) is 6.91. The zero-order chi connectivity index (χ0) is 11.0. The number of carboxylic acids is 1. The van der Waals surface area contributed by atoms with Crippen molar-refractivity contribution in [3.05, 3.63) is 29.8 Å². The summed E-state index contributed by atoms with van der Waals surface area (Å²) in [6.45, 7) is 1.68. The number of ether oxygens (including phenoxy) is 1. The predicted molar refractivity (Wildman–Crippen MR) is 52.1 cm³/mol. The Kier molecular flexibility index (Phi) is 6.15. The highest BCUT2D eigenvalue weighted by atomic mass is 16.5. The first-order valence-corrected chi connectivity index (χ1v) is 4.02. The summed E-state index contributed by atoms with van der Waals surface area (Å²) in [5.41, 5.74) is 1.07. The zero-order valence-corrected chi connectivity index (χ0v) is 8.23. The van der Waals surface area contributed by atoms with E-state index in [1.54, 1.807) is 19.2 Å². The largest absolute Gasteiger partial charge is 0.508 e. The molecule has 0 bridgehead atoms. The lowest BCUT2D eigenvalue weighted by atomic mass is 10.2. The van der Waals surface area contributed by atoms with Gasteiger partial charge in [-0.15, -0.1) is 0 Å². The molecule has 0 radical (unpaired) electrons. The SMILES string of the molecule is CC(=O)O.COCc1ccc(O)cc1. The van der Waals surface area contributed by atoms with E-state index in [4.69, 9.17) is 19.7 Å². The second-order valence-electron chi connectivity index (χ2n) is 2.62. The van der Waals surface area contributed by atoms with Crippen molar-refractivity contribution in [2.24, 2.45) is 0 Å². The van der Waals surface area contributed by atoms with Crippen molar-refractivity contribution in [3.63, 3.8) is 0 Å². The summed E-state index contributed by atoms with van der Waals surface area (Å²) in [6.07, 6.45) is 0. The van der Waals surface area contributed by atoms with Crippen LogP contribution in [0.3, 0.4) is 0 Å². The molecule has 0 unspecified atom stereocenters. The van der Waals surface area contributed by atoms with Gasteiger partial charge in [0.1, 0.15) is 5.75 Å². The van der Waals surface area contributed by atoms with E-state index in [0.717, 1.165) is 12.5 Å². The molecule has 78 valence electrons. The quantitative estimate of drug-likeness (QED) is 0.757. The van der Waals surface area contributed by atoms with Gasteiger partial charge in [-0.2, -0.15) is 0 Å². The predicted octanol–water partition coefficient (Wildman–Crippen LogP) is 1.63. The Morgan fingerprint density at radius 1 is 1.36 bits per heavy atom. The molecule has 0 aromatic heterocycles. The molecular formula is C10H14O4. The van der Waals surface area contributed by atoms with Crippen molar-refractivity contribution in [2.45, 2.75) is 13.5 Å². The van der Waals surface area contributed by atoms with Crippen LogP contribution < -0.4 is 0 Å². The van der Waals surface area contributed by atoms with Crippen LogP contribution in [0.4, 0.5) is 0 Å². The number of hydrogen-bond donors (Lipinski definition) is 2. The van der Waals surface area contributed by atoms with E-state index in [9.17, 15) is 0 Å². The molecule has 0 saturated heterocycles. The number of aromatic hydroxyl groups is 1. The second-order valence-corrected chi connectivity index (χ2v) is 2.62. The van der Waals surface area contributed by atoms with Gasteiger partial charge in [0, 0.05) is 14.0 Å². The Labute approximate surface area is 82.8 Å². The highest BCUT2D eigenvalue weighted by molar-refractivity contribution is 5.62. The van der Waals surface area contributed by atoms with E-state index in [2.05, 4.69) is 0 Å². The van der Waals surface area contributed by atoms with Crippen molar-refractivity contribution in [2.75, 3.05) is 7.11 Å². The van der Waals surface area contributed by atoms with Crippen LogP contribution in [-0.2, 0) is 16.1 Å². The average molecular weight is 198 g/mol. The third kappa shape index (κ3) is 7.12. The van der Waals surface area contributed by atoms with E-state index in [-0.39, 0.29) is 0 Å². The van der Waals surface area contributed by atoms with Crippen molar-refractivity contribution in [3.8, 4) is 5.75 Å². The van der Waals surface area contributed by atoms with Gasteiger partial charge in [-0.25, -0.2) is 0 Å². The molecule has 1 aromatic carbocycles. The van der Waals surface area contributed by atoms with E-state index >= 15 is 0 Å². The van der Waals surface area contributed by atoms with Crippen LogP contribution in [0.1, 0.15) is 12.5 Å². The smallest absolute Gasteiger partial charge is 0.300 e. The summed E-state index contributed by atoms with van der Waals surface area (Å²) in [5.74, 6) is -0.542. The van der Waals surface area contributed by atoms with Crippen LogP contribution >= 0.6 is 0 Å². The molecule has 0 heterocycles. The lowest BCUT2D eigenvalue weighted by molar-refractivity contribution is -0.134. The summed E-state index contributed by atoms with van der Waals surface area (Å²) < 4.78 is 4.89. The number of carboxylic acid groups (broad SMARTS) is 1. The number of aliphatic carboxylic acids is 1. The zero-order valence-electron chi connectivity index (χ0n) is 8.23. The fourth-order valence-electron chi connectivity index (χ4n) is 0.759. The maximum atomic E-state index is 9.00. The Hall–Kier alpha value is -1.55. The normalized spacial score (nSPS) is 8.71. The topological polar surface area (TPSA) is 66.8 Å². The molecule has 4 heteroatoms. The van der Waals surface area contributed by atoms with Crippen LogP contribution in [0.25, 0.3) is 0 Å². The van der Waals surface area contributed by atoms with E-state index in [0.29, 0.717) is 12.4 Å². The monoisotopic (exact) mass is 198 g/mol. The van der Waals surface area contributed by atoms with Gasteiger partial charge in [0.2, 0.25) is 0 Å². The van der Waals surface area contributed by atoms with Gasteiger partial charge in [0.15, 0.2) is 0 Å². The van der Waals surface area contributed by atoms with Crippen molar-refractivity contribution >= 4 is 5.97 Å². The third-order valence-corrected chi connectivity index (χ3v) is 1.25. The number of phenols is 1. The molecule has 0 atom stereocenters. The van der Waals surface area contributed by atoms with Crippen LogP contribution in [-0.4, -0.2) is 23.3 Å². The first-order chi connectivity index (χ1) is 6.56. The van der Waals surface area contributed by atoms with Gasteiger partial charge in [-0.05, 0) is 17.7 Å². The summed E-state index contributed by atoms with van der Waals surface area (Å²) in [7, 11) is 1.65. The Balaban J connectivity index is 0.000000364. The summed E-state index contributed by atoms with van der Waals surface area (Å²) in [6, 6.07) is 6.96. The van der Waals surface area contributed by atoms with Crippen LogP contribution in [0.2, 0.25) is 0 Å². The van der Waals surface area contributed by atoms with Gasteiger partial charge >= 0.3 is 0 Å². The van der Waals surface area contributed by atoms with Gasteiger partial charge < -0.3 is 14.9 Å². The maximum absolute atomic E-state index is 9.00. The van der Waals surface area contributed by atoms with E-state index < -0.39 is 5.97 Å². The summed E-state index contributed by atoms with van der Waals surface area (Å²) >= 11 is 0. The fourth-order valence-corrected chi connectivity index (χ4v) is 0.759. The number of methoxy groups -OCH3 is 1. The molecule has 0 aliphatic carbocycles. The molecule has 0 aliphatic heterocycles. The lowest BCUT2D eigenvalue weighted by Crippen LogP contribution is -1.84. The molecule has 2 N–H and O–H groups in total. The molecule has 1 aromatic rings. The lowest BCUT2D eigenvalue weighted by Gasteiger charge is -1.97. The minimum Gasteiger partial charge on any atom is -0.508 e. The Bertz CT molecular complexity index is 262. The van der Waals surface area contributed by atoms with Gasteiger partial charge in [-0.3, -0.25) is 4.79 Å². The average Bonchev–Trinajstić information content (AvgIpc) is 2.08. The van der Waals surface area contributed by atoms with E-state index in [1.165, 1.54) is 0 Å². The van der Waals surface area contributed by atoms with Crippen molar-refractivity contribution in [1.29, 1.82) is 0 Å². The highest BCUT2D eigenvalue weighted by Crippen LogP contribution is 2.09. The highest BCUT2D eigenvalue weighted by Gasteiger charge is 1.89.